The monoisotopic (exact) mass is 255 g/mol. The van der Waals surface area contributed by atoms with E-state index in [2.05, 4.69) is 46.9 Å². The van der Waals surface area contributed by atoms with E-state index in [1.54, 1.807) is 0 Å². The molecule has 0 aromatic carbocycles. The molecule has 0 spiro atoms. The zero-order valence-electron chi connectivity index (χ0n) is 13.3. The van der Waals surface area contributed by atoms with Gasteiger partial charge >= 0.3 is 0 Å². The molecule has 0 amide bonds. The third kappa shape index (κ3) is 6.19. The predicted molar refractivity (Wildman–Crippen MR) is 78.9 cm³/mol. The van der Waals surface area contributed by atoms with Crippen molar-refractivity contribution < 1.29 is 4.74 Å². The van der Waals surface area contributed by atoms with E-state index in [9.17, 15) is 0 Å². The van der Waals surface area contributed by atoms with Crippen LogP contribution < -0.4 is 5.32 Å². The van der Waals surface area contributed by atoms with Crippen LogP contribution in [0.25, 0.3) is 0 Å². The van der Waals surface area contributed by atoms with E-state index < -0.39 is 0 Å². The molecule has 0 bridgehead atoms. The minimum atomic E-state index is 0.359. The van der Waals surface area contributed by atoms with E-state index in [0.717, 1.165) is 19.6 Å². The molecular weight excluding hydrogens is 222 g/mol. The molecule has 1 aliphatic rings. The molecule has 1 fully saturated rings. The van der Waals surface area contributed by atoms with E-state index >= 15 is 0 Å². The average molecular weight is 255 g/mol. The zero-order chi connectivity index (χ0) is 13.8. The van der Waals surface area contributed by atoms with Crippen molar-refractivity contribution in [2.45, 2.75) is 79.4 Å². The van der Waals surface area contributed by atoms with Gasteiger partial charge < -0.3 is 10.1 Å². The molecule has 1 saturated carbocycles. The van der Waals surface area contributed by atoms with Crippen molar-refractivity contribution in [3.63, 3.8) is 0 Å². The van der Waals surface area contributed by atoms with Gasteiger partial charge in [0.2, 0.25) is 0 Å². The SMILES string of the molecule is CC(C)OCCCNC1CC(C)(C)CC(C)(C)C1. The minimum absolute atomic E-state index is 0.359. The maximum absolute atomic E-state index is 5.57. The van der Waals surface area contributed by atoms with Crippen LogP contribution in [0.15, 0.2) is 0 Å². The highest BCUT2D eigenvalue weighted by molar-refractivity contribution is 4.92. The molecule has 0 aromatic rings. The molecule has 1 rings (SSSR count). The first-order chi connectivity index (χ1) is 8.20. The molecule has 2 nitrogen and oxygen atoms in total. The summed E-state index contributed by atoms with van der Waals surface area (Å²) in [4.78, 5) is 0. The van der Waals surface area contributed by atoms with Crippen LogP contribution in [0, 0.1) is 10.8 Å². The second-order valence-electron chi connectivity index (χ2n) is 7.84. The maximum atomic E-state index is 5.57. The first kappa shape index (κ1) is 16.0. The molecule has 108 valence electrons. The topological polar surface area (TPSA) is 21.3 Å². The number of hydrogen-bond acceptors (Lipinski definition) is 2. The number of nitrogens with one attached hydrogen (secondary N) is 1. The van der Waals surface area contributed by atoms with Gasteiger partial charge in [-0.3, -0.25) is 0 Å². The summed E-state index contributed by atoms with van der Waals surface area (Å²) in [6.07, 6.45) is 5.44. The zero-order valence-corrected chi connectivity index (χ0v) is 13.3. The highest BCUT2D eigenvalue weighted by Crippen LogP contribution is 2.45. The fourth-order valence-corrected chi connectivity index (χ4v) is 3.69. The van der Waals surface area contributed by atoms with Crippen molar-refractivity contribution >= 4 is 0 Å². The molecule has 0 saturated heterocycles. The molecule has 0 aromatic heterocycles. The number of hydrogen-bond donors (Lipinski definition) is 1. The van der Waals surface area contributed by atoms with Gasteiger partial charge in [0, 0.05) is 12.6 Å². The molecule has 0 heterocycles. The van der Waals surface area contributed by atoms with Gasteiger partial charge in [-0.05, 0) is 56.9 Å². The molecule has 0 aliphatic heterocycles. The van der Waals surface area contributed by atoms with Crippen LogP contribution in [0.3, 0.4) is 0 Å². The molecule has 1 N–H and O–H groups in total. The summed E-state index contributed by atoms with van der Waals surface area (Å²) < 4.78 is 5.57. The van der Waals surface area contributed by atoms with Crippen molar-refractivity contribution in [1.29, 1.82) is 0 Å². The van der Waals surface area contributed by atoms with Gasteiger partial charge in [-0.1, -0.05) is 27.7 Å². The van der Waals surface area contributed by atoms with Crippen LogP contribution >= 0.6 is 0 Å². The largest absolute Gasteiger partial charge is 0.379 e. The Labute approximate surface area is 114 Å². The lowest BCUT2D eigenvalue weighted by molar-refractivity contribution is 0.0692. The van der Waals surface area contributed by atoms with Gasteiger partial charge in [-0.25, -0.2) is 0 Å². The van der Waals surface area contributed by atoms with E-state index in [4.69, 9.17) is 4.74 Å². The van der Waals surface area contributed by atoms with Gasteiger partial charge in [0.1, 0.15) is 0 Å². The average Bonchev–Trinajstić information content (AvgIpc) is 2.11. The van der Waals surface area contributed by atoms with Crippen LogP contribution in [-0.2, 0) is 4.74 Å². The Balaban J connectivity index is 2.25. The molecule has 0 atom stereocenters. The van der Waals surface area contributed by atoms with Crippen LogP contribution in [0.4, 0.5) is 0 Å². The van der Waals surface area contributed by atoms with E-state index in [1.807, 2.05) is 0 Å². The van der Waals surface area contributed by atoms with Crippen LogP contribution in [-0.4, -0.2) is 25.3 Å². The van der Waals surface area contributed by atoms with Crippen molar-refractivity contribution in [2.75, 3.05) is 13.2 Å². The summed E-state index contributed by atoms with van der Waals surface area (Å²) >= 11 is 0. The summed E-state index contributed by atoms with van der Waals surface area (Å²) in [5.74, 6) is 0. The Bertz CT molecular complexity index is 229. The maximum Gasteiger partial charge on any atom is 0.0518 e. The molecule has 0 unspecified atom stereocenters. The smallest absolute Gasteiger partial charge is 0.0518 e. The van der Waals surface area contributed by atoms with Gasteiger partial charge in [0.25, 0.3) is 0 Å². The molecule has 18 heavy (non-hydrogen) atoms. The number of rotatable bonds is 6. The Morgan fingerprint density at radius 1 is 1.11 bits per heavy atom. The second kappa shape index (κ2) is 6.38. The van der Waals surface area contributed by atoms with E-state index in [0.29, 0.717) is 23.0 Å². The summed E-state index contributed by atoms with van der Waals surface area (Å²) in [7, 11) is 0. The van der Waals surface area contributed by atoms with Crippen LogP contribution in [0.2, 0.25) is 0 Å². The Kier molecular flexibility index (Phi) is 5.67. The summed E-state index contributed by atoms with van der Waals surface area (Å²) in [5.41, 5.74) is 0.960. The van der Waals surface area contributed by atoms with Crippen molar-refractivity contribution in [1.82, 2.24) is 5.32 Å². The molecule has 2 heteroatoms. The highest BCUT2D eigenvalue weighted by Gasteiger charge is 2.37. The lowest BCUT2D eigenvalue weighted by atomic mass is 9.63. The van der Waals surface area contributed by atoms with Gasteiger partial charge in [0.05, 0.1) is 6.10 Å². The Morgan fingerprint density at radius 2 is 1.67 bits per heavy atom. The Hall–Kier alpha value is -0.0800. The van der Waals surface area contributed by atoms with Gasteiger partial charge in [0.15, 0.2) is 0 Å². The summed E-state index contributed by atoms with van der Waals surface area (Å²) in [5, 5.41) is 3.73. The van der Waals surface area contributed by atoms with Gasteiger partial charge in [-0.15, -0.1) is 0 Å². The van der Waals surface area contributed by atoms with Crippen molar-refractivity contribution in [2.24, 2.45) is 10.8 Å². The summed E-state index contributed by atoms with van der Waals surface area (Å²) in [6, 6.07) is 0.683. The Morgan fingerprint density at radius 3 is 2.17 bits per heavy atom. The molecule has 0 radical (unpaired) electrons. The van der Waals surface area contributed by atoms with Crippen molar-refractivity contribution in [3.8, 4) is 0 Å². The molecular formula is C16H33NO. The lowest BCUT2D eigenvalue weighted by Crippen LogP contribution is -2.44. The quantitative estimate of drug-likeness (QED) is 0.724. The van der Waals surface area contributed by atoms with E-state index in [1.165, 1.54) is 19.3 Å². The number of ether oxygens (including phenoxy) is 1. The van der Waals surface area contributed by atoms with E-state index in [-0.39, 0.29) is 0 Å². The first-order valence-corrected chi connectivity index (χ1v) is 7.55. The fourth-order valence-electron chi connectivity index (χ4n) is 3.69. The normalized spacial score (nSPS) is 23.5. The predicted octanol–water partition coefficient (Wildman–Crippen LogP) is 4.00. The minimum Gasteiger partial charge on any atom is -0.379 e. The van der Waals surface area contributed by atoms with Crippen LogP contribution in [0.1, 0.15) is 67.2 Å². The van der Waals surface area contributed by atoms with Gasteiger partial charge in [-0.2, -0.15) is 0 Å². The van der Waals surface area contributed by atoms with Crippen LogP contribution in [0.5, 0.6) is 0 Å². The molecule has 1 aliphatic carbocycles. The second-order valence-corrected chi connectivity index (χ2v) is 7.84. The highest BCUT2D eigenvalue weighted by atomic mass is 16.5. The third-order valence-corrected chi connectivity index (χ3v) is 3.76. The summed E-state index contributed by atoms with van der Waals surface area (Å²) in [6.45, 7) is 15.8. The first-order valence-electron chi connectivity index (χ1n) is 7.55. The van der Waals surface area contributed by atoms with Crippen molar-refractivity contribution in [3.05, 3.63) is 0 Å². The fraction of sp³-hybridized carbons (Fsp3) is 1.00. The third-order valence-electron chi connectivity index (χ3n) is 3.76. The lowest BCUT2D eigenvalue weighted by Gasteiger charge is -2.45. The standard InChI is InChI=1S/C16H33NO/c1-13(2)18-9-7-8-17-14-10-15(3,4)12-16(5,6)11-14/h13-14,17H,7-12H2,1-6H3.